The first-order valence-electron chi connectivity index (χ1n) is 29.5. The highest BCUT2D eigenvalue weighted by atomic mass is 31.2. The van der Waals surface area contributed by atoms with E-state index < -0.39 is 100 Å². The van der Waals surface area contributed by atoms with E-state index in [4.69, 9.17) is 48.3 Å². The Kier molecular flexibility index (Phi) is 21.1. The van der Waals surface area contributed by atoms with Crippen molar-refractivity contribution in [2.24, 2.45) is 5.92 Å². The van der Waals surface area contributed by atoms with Crippen molar-refractivity contribution in [3.63, 3.8) is 0 Å². The SMILES string of the molecule is [C-]#[N+]CCOP(=O)(OC[C@H]1O[C@@H](n2cnc3c(=O)[nH]c(NC(=O)C(C)C)nc32)C[C@H]1O)O[C@@H]1C[C@H](n2cc(C#CCNC(=O)Cc3ccc(O[Si](C)(C)C(C)(C)C)cc3)c(=O)[nH]c2=O)O[C@@H]1COC(c1ccccc1)(c1ccc(OC)cc1)c1ccc(OC)cc1. The minimum absolute atomic E-state index is 0.00688. The van der Waals surface area contributed by atoms with Gasteiger partial charge in [0.05, 0.1) is 52.8 Å². The van der Waals surface area contributed by atoms with Crippen LogP contribution in [0.4, 0.5) is 5.95 Å². The number of fused-ring (bicyclic) bond motifs is 1. The number of hydrogen-bond donors (Lipinski definition) is 5. The molecule has 7 aromatic rings. The van der Waals surface area contributed by atoms with Crippen LogP contribution >= 0.6 is 7.82 Å². The quantitative estimate of drug-likeness (QED) is 0.00911. The van der Waals surface area contributed by atoms with Crippen LogP contribution in [0.2, 0.25) is 18.1 Å². The predicted octanol–water partition coefficient (Wildman–Crippen LogP) is 7.77. The lowest BCUT2D eigenvalue weighted by Gasteiger charge is -2.37. The number of carbonyl (C=O) groups is 2. The summed E-state index contributed by atoms with van der Waals surface area (Å²) in [5.41, 5.74) is -1.17. The summed E-state index contributed by atoms with van der Waals surface area (Å²) in [7, 11) is -3.83. The molecule has 91 heavy (non-hydrogen) atoms. The van der Waals surface area contributed by atoms with Gasteiger partial charge >= 0.3 is 13.5 Å². The third-order valence-electron chi connectivity index (χ3n) is 16.0. The minimum Gasteiger partial charge on any atom is -0.544 e. The Bertz CT molecular complexity index is 3990. The monoisotopic (exact) mass is 1280 g/mol. The van der Waals surface area contributed by atoms with E-state index in [9.17, 15) is 29.1 Å². The first-order valence-corrected chi connectivity index (χ1v) is 33.8. The van der Waals surface area contributed by atoms with E-state index in [2.05, 4.69) is 81.1 Å². The second-order valence-corrected chi connectivity index (χ2v) is 29.9. The molecule has 0 radical (unpaired) electrons. The highest BCUT2D eigenvalue weighted by Gasteiger charge is 2.48. The average molecular weight is 1280 g/mol. The molecule has 4 aromatic carbocycles. The molecule has 3 aromatic heterocycles. The number of anilines is 1. The average Bonchev–Trinajstić information content (AvgIpc) is 1.22. The van der Waals surface area contributed by atoms with Crippen molar-refractivity contribution in [1.29, 1.82) is 0 Å². The highest BCUT2D eigenvalue weighted by molar-refractivity contribution is 7.48. The van der Waals surface area contributed by atoms with E-state index in [0.29, 0.717) is 28.2 Å². The lowest BCUT2D eigenvalue weighted by Crippen LogP contribution is -2.43. The Hall–Kier alpha value is -8.53. The summed E-state index contributed by atoms with van der Waals surface area (Å²) in [4.78, 5) is 82.7. The number of ether oxygens (including phenoxy) is 5. The van der Waals surface area contributed by atoms with Gasteiger partial charge in [-0.15, -0.1) is 0 Å². The van der Waals surface area contributed by atoms with Crippen molar-refractivity contribution in [3.05, 3.63) is 186 Å². The van der Waals surface area contributed by atoms with Gasteiger partial charge in [-0.25, -0.2) is 20.9 Å². The molecule has 2 amide bonds. The molecular weight excluding hydrogens is 1210 g/mol. The highest BCUT2D eigenvalue weighted by Crippen LogP contribution is 2.54. The van der Waals surface area contributed by atoms with Crippen molar-refractivity contribution < 1.29 is 60.9 Å². The number of aromatic amines is 2. The van der Waals surface area contributed by atoms with Crippen molar-refractivity contribution in [2.75, 3.05) is 52.4 Å². The van der Waals surface area contributed by atoms with Crippen molar-refractivity contribution in [3.8, 4) is 29.1 Å². The first kappa shape index (κ1) is 66.9. The molecule has 9 rings (SSSR count). The normalized spacial score (nSPS) is 19.1. The number of carbonyl (C=O) groups excluding carboxylic acids is 2. The predicted molar refractivity (Wildman–Crippen MR) is 338 cm³/mol. The van der Waals surface area contributed by atoms with Crippen molar-refractivity contribution >= 4 is 45.1 Å². The molecule has 27 heteroatoms. The number of aliphatic hydroxyl groups is 1. The van der Waals surface area contributed by atoms with Gasteiger partial charge < -0.3 is 43.4 Å². The Balaban J connectivity index is 0.999. The third kappa shape index (κ3) is 15.8. The van der Waals surface area contributed by atoms with E-state index in [0.717, 1.165) is 15.9 Å². The topological polar surface area (TPSA) is 301 Å². The summed E-state index contributed by atoms with van der Waals surface area (Å²) in [6.07, 6.45) is -5.01. The molecule has 5 N–H and O–H groups in total. The lowest BCUT2D eigenvalue weighted by molar-refractivity contribution is -0.120. The maximum absolute atomic E-state index is 15.2. The van der Waals surface area contributed by atoms with Gasteiger partial charge in [0.15, 0.2) is 11.2 Å². The summed E-state index contributed by atoms with van der Waals surface area (Å²) in [5, 5.41) is 16.8. The van der Waals surface area contributed by atoms with Crippen LogP contribution < -0.4 is 41.3 Å². The first-order chi connectivity index (χ1) is 43.4. The fourth-order valence-corrected chi connectivity index (χ4v) is 12.4. The number of aliphatic hydroxyl groups excluding tert-OH is 1. The molecule has 2 saturated heterocycles. The molecule has 25 nitrogen and oxygen atoms in total. The van der Waals surface area contributed by atoms with E-state index in [-0.39, 0.29) is 72.6 Å². The Morgan fingerprint density at radius 1 is 0.835 bits per heavy atom. The number of hydrogen-bond acceptors (Lipinski definition) is 18. The summed E-state index contributed by atoms with van der Waals surface area (Å²) in [5.74, 6) is 6.18. The molecular formula is C64H74N9O16PSi. The second-order valence-electron chi connectivity index (χ2n) is 23.6. The van der Waals surface area contributed by atoms with E-state index in [1.54, 1.807) is 52.3 Å². The molecule has 2 aliphatic heterocycles. The fourth-order valence-electron chi connectivity index (χ4n) is 9.97. The summed E-state index contributed by atoms with van der Waals surface area (Å²) >= 11 is 0. The number of amides is 2. The number of phosphoric acid groups is 1. The van der Waals surface area contributed by atoms with Gasteiger partial charge in [0, 0.05) is 25.0 Å². The molecule has 2 fully saturated rings. The van der Waals surface area contributed by atoms with Gasteiger partial charge in [0.1, 0.15) is 65.8 Å². The zero-order valence-corrected chi connectivity index (χ0v) is 53.8. The molecule has 2 aliphatic rings. The Labute approximate surface area is 526 Å². The molecule has 0 saturated carbocycles. The smallest absolute Gasteiger partial charge is 0.475 e. The molecule has 7 atom stereocenters. The van der Waals surface area contributed by atoms with Crippen LogP contribution in [0.15, 0.2) is 130 Å². The van der Waals surface area contributed by atoms with Crippen LogP contribution in [0, 0.1) is 24.3 Å². The number of imidazole rings is 1. The molecule has 1 unspecified atom stereocenters. The molecule has 5 heterocycles. The van der Waals surface area contributed by atoms with Crippen LogP contribution in [-0.2, 0) is 54.0 Å². The minimum atomic E-state index is -4.86. The third-order valence-corrected chi connectivity index (χ3v) is 21.8. The lowest BCUT2D eigenvalue weighted by atomic mass is 9.80. The van der Waals surface area contributed by atoms with Crippen molar-refractivity contribution in [1.82, 2.24) is 34.4 Å². The van der Waals surface area contributed by atoms with Gasteiger partial charge in [0.25, 0.3) is 11.1 Å². The number of phosphoric ester groups is 1. The number of methoxy groups -OCH3 is 2. The van der Waals surface area contributed by atoms with Gasteiger partial charge in [-0.2, -0.15) is 4.98 Å². The van der Waals surface area contributed by atoms with Gasteiger partial charge in [-0.05, 0) is 76.8 Å². The fraction of sp³-hybridized carbons (Fsp3) is 0.406. The number of aromatic nitrogens is 6. The van der Waals surface area contributed by atoms with Crippen LogP contribution in [0.3, 0.4) is 0 Å². The van der Waals surface area contributed by atoms with E-state index in [1.165, 1.54) is 17.1 Å². The standard InChI is InChI=1S/C64H74N9O16PSi/c1-40(2)58(76)69-61-68-57-56(60(78)70-61)67-39-73(57)54-34-49(74)51(86-54)38-85-90(80,84-32-31-65-6)88-50-35-55(72-36-42(59(77)71-62(72)79)15-14-30-66-53(75)33-41-18-24-48(25-19-41)89-91(9,10)63(3,4)5)87-52(50)37-83-64(43-16-12-11-13-17-43,44-20-26-46(81-7)27-21-44)45-22-28-47(82-8)29-23-45/h11-13,16-29,36,39-40,49-52,54-55,74H,30-35,37-38H2,1-5,7-10H3,(H,66,75)(H,71,77,79)(H2,68,69,70,76,78)/t49-,50-,51-,52-,54-,55-,90?/m1/s1. The number of rotatable bonds is 25. The van der Waals surface area contributed by atoms with E-state index >= 15 is 4.57 Å². The van der Waals surface area contributed by atoms with Crippen LogP contribution in [0.5, 0.6) is 17.2 Å². The zero-order valence-electron chi connectivity index (χ0n) is 51.9. The number of H-pyrrole nitrogens is 2. The van der Waals surface area contributed by atoms with Gasteiger partial charge in [0.2, 0.25) is 32.6 Å². The van der Waals surface area contributed by atoms with E-state index in [1.807, 2.05) is 78.9 Å². The number of nitrogens with one attached hydrogen (secondary N) is 4. The molecule has 0 bridgehead atoms. The molecule has 0 aliphatic carbocycles. The summed E-state index contributed by atoms with van der Waals surface area (Å²) in [6.45, 7) is 19.8. The number of benzene rings is 4. The maximum atomic E-state index is 15.2. The Morgan fingerprint density at radius 2 is 1.46 bits per heavy atom. The summed E-state index contributed by atoms with van der Waals surface area (Å²) < 4.78 is 73.7. The zero-order chi connectivity index (χ0) is 65.3. The van der Waals surface area contributed by atoms with Gasteiger partial charge in [-0.3, -0.25) is 57.2 Å². The molecule has 0 spiro atoms. The number of nitrogens with zero attached hydrogens (tertiary/aromatic N) is 5. The van der Waals surface area contributed by atoms with Crippen molar-refractivity contribution in [2.45, 2.75) is 114 Å². The second kappa shape index (κ2) is 28.7. The van der Waals surface area contributed by atoms with Crippen LogP contribution in [-0.4, -0.2) is 126 Å². The largest absolute Gasteiger partial charge is 0.544 e. The van der Waals surface area contributed by atoms with Gasteiger partial charge in [-0.1, -0.05) is 113 Å². The Morgan fingerprint density at radius 3 is 2.09 bits per heavy atom. The maximum Gasteiger partial charge on any atom is 0.475 e. The van der Waals surface area contributed by atoms with Crippen LogP contribution in [0.1, 0.15) is 87.7 Å². The molecule has 480 valence electrons. The summed E-state index contributed by atoms with van der Waals surface area (Å²) in [6, 6.07) is 31.3. The van der Waals surface area contributed by atoms with Crippen LogP contribution in [0.25, 0.3) is 16.0 Å².